The van der Waals surface area contributed by atoms with Crippen LogP contribution in [0.4, 0.5) is 5.69 Å². The SMILES string of the molecule is Cc1nn(Cc2ccncc2)cc1NC(=O)c1cc(C(N)=O)c2ccccc2n1. The number of anilines is 1. The zero-order valence-corrected chi connectivity index (χ0v) is 15.7. The molecule has 8 nitrogen and oxygen atoms in total. The van der Waals surface area contributed by atoms with E-state index in [1.807, 2.05) is 12.1 Å². The van der Waals surface area contributed by atoms with E-state index in [4.69, 9.17) is 5.73 Å². The summed E-state index contributed by atoms with van der Waals surface area (Å²) in [4.78, 5) is 33.0. The summed E-state index contributed by atoms with van der Waals surface area (Å²) < 4.78 is 1.74. The number of rotatable bonds is 5. The number of nitrogens with one attached hydrogen (secondary N) is 1. The molecule has 144 valence electrons. The van der Waals surface area contributed by atoms with Crippen molar-refractivity contribution in [2.75, 3.05) is 5.32 Å². The maximum Gasteiger partial charge on any atom is 0.274 e. The number of benzene rings is 1. The smallest absolute Gasteiger partial charge is 0.274 e. The van der Waals surface area contributed by atoms with E-state index in [0.29, 0.717) is 28.8 Å². The molecule has 0 aliphatic carbocycles. The van der Waals surface area contributed by atoms with E-state index in [1.165, 1.54) is 6.07 Å². The number of primary amides is 1. The van der Waals surface area contributed by atoms with E-state index in [9.17, 15) is 9.59 Å². The molecular formula is C21H18N6O2. The van der Waals surface area contributed by atoms with Crippen molar-refractivity contribution in [3.8, 4) is 0 Å². The molecule has 3 N–H and O–H groups in total. The molecule has 0 spiro atoms. The summed E-state index contributed by atoms with van der Waals surface area (Å²) in [5, 5.41) is 7.86. The van der Waals surface area contributed by atoms with Crippen LogP contribution in [0.3, 0.4) is 0 Å². The number of nitrogens with two attached hydrogens (primary N) is 1. The monoisotopic (exact) mass is 386 g/mol. The molecule has 8 heteroatoms. The summed E-state index contributed by atoms with van der Waals surface area (Å²) in [6.07, 6.45) is 5.19. The molecule has 0 bridgehead atoms. The van der Waals surface area contributed by atoms with Crippen molar-refractivity contribution in [2.45, 2.75) is 13.5 Å². The lowest BCUT2D eigenvalue weighted by molar-refractivity contribution is 0.100. The third-order valence-electron chi connectivity index (χ3n) is 4.50. The lowest BCUT2D eigenvalue weighted by Gasteiger charge is -2.07. The van der Waals surface area contributed by atoms with Crippen LogP contribution in [0.15, 0.2) is 61.1 Å². The summed E-state index contributed by atoms with van der Waals surface area (Å²) in [6.45, 7) is 2.36. The Kier molecular flexibility index (Phi) is 4.74. The molecule has 0 aliphatic heterocycles. The highest BCUT2D eigenvalue weighted by molar-refractivity contribution is 6.10. The average molecular weight is 386 g/mol. The number of pyridine rings is 2. The molecule has 2 amide bonds. The number of para-hydroxylation sites is 1. The van der Waals surface area contributed by atoms with Crippen molar-refractivity contribution in [2.24, 2.45) is 5.73 Å². The van der Waals surface area contributed by atoms with Gasteiger partial charge in [-0.3, -0.25) is 19.3 Å². The standard InChI is InChI=1S/C21H18N6O2/c1-13-19(12-27(26-13)11-14-6-8-23-9-7-14)25-21(29)18-10-16(20(22)28)15-4-2-3-5-17(15)24-18/h2-10,12H,11H2,1H3,(H2,22,28)(H,25,29). The molecule has 0 saturated carbocycles. The second-order valence-corrected chi connectivity index (χ2v) is 6.57. The number of carbonyl (C=O) groups is 2. The van der Waals surface area contributed by atoms with E-state index in [-0.39, 0.29) is 11.3 Å². The molecule has 0 aliphatic rings. The minimum absolute atomic E-state index is 0.110. The molecule has 0 unspecified atom stereocenters. The van der Waals surface area contributed by atoms with Gasteiger partial charge in [0.1, 0.15) is 5.69 Å². The Morgan fingerprint density at radius 2 is 1.90 bits per heavy atom. The Bertz CT molecular complexity index is 1220. The van der Waals surface area contributed by atoms with Crippen molar-refractivity contribution >= 4 is 28.4 Å². The summed E-state index contributed by atoms with van der Waals surface area (Å²) in [5.41, 5.74) is 8.66. The zero-order valence-electron chi connectivity index (χ0n) is 15.7. The number of fused-ring (bicyclic) bond motifs is 1. The molecule has 0 atom stereocenters. The van der Waals surface area contributed by atoms with Gasteiger partial charge in [-0.2, -0.15) is 5.10 Å². The largest absolute Gasteiger partial charge is 0.366 e. The van der Waals surface area contributed by atoms with Crippen LogP contribution in [-0.2, 0) is 6.54 Å². The van der Waals surface area contributed by atoms with Crippen LogP contribution in [0.25, 0.3) is 10.9 Å². The maximum atomic E-state index is 12.8. The number of amides is 2. The molecule has 3 aromatic heterocycles. The first kappa shape index (κ1) is 18.3. The van der Waals surface area contributed by atoms with Gasteiger partial charge in [-0.25, -0.2) is 4.98 Å². The van der Waals surface area contributed by atoms with Gasteiger partial charge in [-0.1, -0.05) is 18.2 Å². The van der Waals surface area contributed by atoms with Gasteiger partial charge < -0.3 is 11.1 Å². The van der Waals surface area contributed by atoms with Crippen LogP contribution < -0.4 is 11.1 Å². The molecule has 1 aromatic carbocycles. The van der Waals surface area contributed by atoms with Crippen molar-refractivity contribution in [3.63, 3.8) is 0 Å². The number of hydrogen-bond acceptors (Lipinski definition) is 5. The van der Waals surface area contributed by atoms with Gasteiger partial charge in [0, 0.05) is 24.0 Å². The minimum atomic E-state index is -0.612. The first-order valence-corrected chi connectivity index (χ1v) is 8.95. The highest BCUT2D eigenvalue weighted by atomic mass is 16.2. The van der Waals surface area contributed by atoms with E-state index < -0.39 is 11.8 Å². The van der Waals surface area contributed by atoms with Crippen LogP contribution in [-0.4, -0.2) is 31.6 Å². The van der Waals surface area contributed by atoms with Crippen LogP contribution in [0, 0.1) is 6.92 Å². The van der Waals surface area contributed by atoms with Crippen LogP contribution in [0.5, 0.6) is 0 Å². The fraction of sp³-hybridized carbons (Fsp3) is 0.0952. The molecule has 0 saturated heterocycles. The van der Waals surface area contributed by atoms with E-state index >= 15 is 0 Å². The van der Waals surface area contributed by atoms with E-state index in [1.54, 1.807) is 54.5 Å². The average Bonchev–Trinajstić information content (AvgIpc) is 3.06. The van der Waals surface area contributed by atoms with E-state index in [0.717, 1.165) is 5.56 Å². The number of hydrogen-bond donors (Lipinski definition) is 2. The first-order valence-electron chi connectivity index (χ1n) is 8.95. The predicted octanol–water partition coefficient (Wildman–Crippen LogP) is 2.53. The number of carbonyl (C=O) groups excluding carboxylic acids is 2. The Labute approximate surface area is 166 Å². The summed E-state index contributed by atoms with van der Waals surface area (Å²) in [5.74, 6) is -1.05. The van der Waals surface area contributed by atoms with Crippen LogP contribution in [0.2, 0.25) is 0 Å². The molecule has 4 rings (SSSR count). The summed E-state index contributed by atoms with van der Waals surface area (Å²) in [6, 6.07) is 12.3. The normalized spacial score (nSPS) is 10.8. The highest BCUT2D eigenvalue weighted by Crippen LogP contribution is 2.20. The van der Waals surface area contributed by atoms with E-state index in [2.05, 4.69) is 20.4 Å². The maximum absolute atomic E-state index is 12.8. The van der Waals surface area contributed by atoms with Gasteiger partial charge in [-0.15, -0.1) is 0 Å². The van der Waals surface area contributed by atoms with Crippen molar-refractivity contribution in [1.82, 2.24) is 19.7 Å². The highest BCUT2D eigenvalue weighted by Gasteiger charge is 2.16. The molecule has 0 fully saturated rings. The van der Waals surface area contributed by atoms with Crippen LogP contribution in [0.1, 0.15) is 32.1 Å². The molecule has 0 radical (unpaired) electrons. The lowest BCUT2D eigenvalue weighted by Crippen LogP contribution is -2.17. The summed E-state index contributed by atoms with van der Waals surface area (Å²) >= 11 is 0. The Hall–Kier alpha value is -4.07. The Morgan fingerprint density at radius 3 is 2.66 bits per heavy atom. The summed E-state index contributed by atoms with van der Waals surface area (Å²) in [7, 11) is 0. The van der Waals surface area contributed by atoms with Gasteiger partial charge >= 0.3 is 0 Å². The first-order chi connectivity index (χ1) is 14.0. The Morgan fingerprint density at radius 1 is 1.14 bits per heavy atom. The quantitative estimate of drug-likeness (QED) is 0.547. The number of nitrogens with zero attached hydrogens (tertiary/aromatic N) is 4. The number of aryl methyl sites for hydroxylation is 1. The molecule has 3 heterocycles. The topological polar surface area (TPSA) is 116 Å². The van der Waals surface area contributed by atoms with Crippen molar-refractivity contribution in [3.05, 3.63) is 83.6 Å². The lowest BCUT2D eigenvalue weighted by atomic mass is 10.1. The van der Waals surface area contributed by atoms with Gasteiger partial charge in [0.05, 0.1) is 29.0 Å². The minimum Gasteiger partial charge on any atom is -0.366 e. The van der Waals surface area contributed by atoms with Gasteiger partial charge in [0.15, 0.2) is 0 Å². The molecule has 4 aromatic rings. The van der Waals surface area contributed by atoms with Crippen LogP contribution >= 0.6 is 0 Å². The second kappa shape index (κ2) is 7.51. The fourth-order valence-electron chi connectivity index (χ4n) is 3.08. The van der Waals surface area contributed by atoms with Gasteiger partial charge in [0.2, 0.25) is 5.91 Å². The molecular weight excluding hydrogens is 368 g/mol. The van der Waals surface area contributed by atoms with Gasteiger partial charge in [-0.05, 0) is 36.8 Å². The third kappa shape index (κ3) is 3.81. The molecule has 29 heavy (non-hydrogen) atoms. The van der Waals surface area contributed by atoms with Gasteiger partial charge in [0.25, 0.3) is 5.91 Å². The number of aromatic nitrogens is 4. The Balaban J connectivity index is 1.61. The van der Waals surface area contributed by atoms with Crippen molar-refractivity contribution < 1.29 is 9.59 Å². The zero-order chi connectivity index (χ0) is 20.4. The van der Waals surface area contributed by atoms with Crippen molar-refractivity contribution in [1.29, 1.82) is 0 Å². The fourth-order valence-corrected chi connectivity index (χ4v) is 3.08. The second-order valence-electron chi connectivity index (χ2n) is 6.57. The predicted molar refractivity (Wildman–Crippen MR) is 109 cm³/mol. The third-order valence-corrected chi connectivity index (χ3v) is 4.50.